The van der Waals surface area contributed by atoms with E-state index in [9.17, 15) is 0 Å². The van der Waals surface area contributed by atoms with Crippen LogP contribution < -0.4 is 4.74 Å². The van der Waals surface area contributed by atoms with Crippen molar-refractivity contribution in [1.29, 1.82) is 0 Å². The summed E-state index contributed by atoms with van der Waals surface area (Å²) in [4.78, 5) is 8.30. The average Bonchev–Trinajstić information content (AvgIpc) is 2.41. The standard InChI is InChI=1S/C13H13BrN2O/c14-8-12-3-4-13(10-16-12)17-7-5-11-2-1-6-15-9-11/h1-4,6,9-10H,5,7-8H2. The van der Waals surface area contributed by atoms with E-state index < -0.39 is 0 Å². The maximum Gasteiger partial charge on any atom is 0.137 e. The number of nitrogens with zero attached hydrogens (tertiary/aromatic N) is 2. The third-order valence-corrected chi connectivity index (χ3v) is 2.89. The Hall–Kier alpha value is -1.42. The van der Waals surface area contributed by atoms with Gasteiger partial charge in [-0.15, -0.1) is 0 Å². The van der Waals surface area contributed by atoms with Crippen LogP contribution in [-0.4, -0.2) is 16.6 Å². The van der Waals surface area contributed by atoms with Gasteiger partial charge in [0.05, 0.1) is 18.5 Å². The molecule has 0 saturated carbocycles. The molecule has 2 aromatic rings. The largest absolute Gasteiger partial charge is 0.492 e. The third-order valence-electron chi connectivity index (χ3n) is 2.32. The molecule has 17 heavy (non-hydrogen) atoms. The molecule has 0 fully saturated rings. The summed E-state index contributed by atoms with van der Waals surface area (Å²) in [5.41, 5.74) is 2.18. The lowest BCUT2D eigenvalue weighted by atomic mass is 10.2. The molecule has 0 N–H and O–H groups in total. The summed E-state index contributed by atoms with van der Waals surface area (Å²) in [6, 6.07) is 7.87. The van der Waals surface area contributed by atoms with Gasteiger partial charge < -0.3 is 4.74 Å². The van der Waals surface area contributed by atoms with Gasteiger partial charge in [0.1, 0.15) is 5.75 Å². The highest BCUT2D eigenvalue weighted by molar-refractivity contribution is 9.08. The Labute approximate surface area is 109 Å². The van der Waals surface area contributed by atoms with Gasteiger partial charge in [0.25, 0.3) is 0 Å². The van der Waals surface area contributed by atoms with E-state index >= 15 is 0 Å². The first-order valence-electron chi connectivity index (χ1n) is 5.41. The van der Waals surface area contributed by atoms with Gasteiger partial charge in [-0.3, -0.25) is 9.97 Å². The van der Waals surface area contributed by atoms with Gasteiger partial charge in [-0.1, -0.05) is 22.0 Å². The summed E-state index contributed by atoms with van der Waals surface area (Å²) >= 11 is 3.36. The number of rotatable bonds is 5. The summed E-state index contributed by atoms with van der Waals surface area (Å²) < 4.78 is 5.60. The van der Waals surface area contributed by atoms with E-state index in [0.717, 1.165) is 23.2 Å². The van der Waals surface area contributed by atoms with Crippen LogP contribution in [0.3, 0.4) is 0 Å². The van der Waals surface area contributed by atoms with Crippen molar-refractivity contribution >= 4 is 15.9 Å². The molecule has 0 aliphatic rings. The van der Waals surface area contributed by atoms with Crippen LogP contribution >= 0.6 is 15.9 Å². The lowest BCUT2D eigenvalue weighted by molar-refractivity contribution is 0.320. The predicted molar refractivity (Wildman–Crippen MR) is 70.3 cm³/mol. The Morgan fingerprint density at radius 1 is 1.18 bits per heavy atom. The summed E-state index contributed by atoms with van der Waals surface area (Å²) in [5, 5.41) is 0.767. The zero-order valence-corrected chi connectivity index (χ0v) is 10.9. The normalized spacial score (nSPS) is 10.2. The number of alkyl halides is 1. The molecule has 2 heterocycles. The fourth-order valence-electron chi connectivity index (χ4n) is 1.41. The second-order valence-corrected chi connectivity index (χ2v) is 4.14. The third kappa shape index (κ3) is 3.82. The van der Waals surface area contributed by atoms with Gasteiger partial charge in [-0.25, -0.2) is 0 Å². The van der Waals surface area contributed by atoms with Gasteiger partial charge in [-0.2, -0.15) is 0 Å². The van der Waals surface area contributed by atoms with Crippen LogP contribution in [0.5, 0.6) is 5.75 Å². The zero-order chi connectivity index (χ0) is 11.9. The number of pyridine rings is 2. The van der Waals surface area contributed by atoms with E-state index in [0.29, 0.717) is 6.61 Å². The van der Waals surface area contributed by atoms with Crippen molar-refractivity contribution in [2.45, 2.75) is 11.8 Å². The maximum atomic E-state index is 5.60. The number of aromatic nitrogens is 2. The molecular formula is C13H13BrN2O. The molecule has 0 amide bonds. The van der Waals surface area contributed by atoms with Crippen LogP contribution in [0.2, 0.25) is 0 Å². The van der Waals surface area contributed by atoms with Gasteiger partial charge in [0.15, 0.2) is 0 Å². The summed E-state index contributed by atoms with van der Waals surface area (Å²) in [7, 11) is 0. The summed E-state index contributed by atoms with van der Waals surface area (Å²) in [6.45, 7) is 0.640. The number of hydrogen-bond donors (Lipinski definition) is 0. The SMILES string of the molecule is BrCc1ccc(OCCc2cccnc2)cn1. The van der Waals surface area contributed by atoms with E-state index in [2.05, 4.69) is 25.9 Å². The molecule has 0 atom stereocenters. The minimum atomic E-state index is 0.640. The van der Waals surface area contributed by atoms with Crippen LogP contribution in [0.25, 0.3) is 0 Å². The fraction of sp³-hybridized carbons (Fsp3) is 0.231. The second kappa shape index (κ2) is 6.35. The summed E-state index contributed by atoms with van der Waals surface area (Å²) in [5.74, 6) is 0.804. The quantitative estimate of drug-likeness (QED) is 0.795. The van der Waals surface area contributed by atoms with E-state index in [1.54, 1.807) is 12.4 Å². The van der Waals surface area contributed by atoms with Crippen molar-refractivity contribution in [3.8, 4) is 5.75 Å². The van der Waals surface area contributed by atoms with E-state index in [1.807, 2.05) is 30.5 Å². The molecule has 88 valence electrons. The minimum absolute atomic E-state index is 0.640. The van der Waals surface area contributed by atoms with Crippen molar-refractivity contribution in [1.82, 2.24) is 9.97 Å². The van der Waals surface area contributed by atoms with E-state index in [1.165, 1.54) is 5.56 Å². The lowest BCUT2D eigenvalue weighted by Gasteiger charge is -2.05. The minimum Gasteiger partial charge on any atom is -0.492 e. The number of halogens is 1. The smallest absolute Gasteiger partial charge is 0.137 e. The van der Waals surface area contributed by atoms with Crippen LogP contribution in [0.1, 0.15) is 11.3 Å². The van der Waals surface area contributed by atoms with Gasteiger partial charge >= 0.3 is 0 Å². The summed E-state index contributed by atoms with van der Waals surface area (Å²) in [6.07, 6.45) is 6.23. The van der Waals surface area contributed by atoms with Crippen LogP contribution in [0, 0.1) is 0 Å². The molecule has 0 aliphatic heterocycles. The van der Waals surface area contributed by atoms with Gasteiger partial charge in [0.2, 0.25) is 0 Å². The van der Waals surface area contributed by atoms with Crippen molar-refractivity contribution < 1.29 is 4.74 Å². The zero-order valence-electron chi connectivity index (χ0n) is 9.34. The second-order valence-electron chi connectivity index (χ2n) is 3.58. The van der Waals surface area contributed by atoms with E-state index in [-0.39, 0.29) is 0 Å². The van der Waals surface area contributed by atoms with Crippen LogP contribution in [-0.2, 0) is 11.8 Å². The molecule has 0 radical (unpaired) electrons. The van der Waals surface area contributed by atoms with Crippen LogP contribution in [0.4, 0.5) is 0 Å². The predicted octanol–water partition coefficient (Wildman–Crippen LogP) is 2.99. The van der Waals surface area contributed by atoms with Crippen LogP contribution in [0.15, 0.2) is 42.9 Å². The van der Waals surface area contributed by atoms with Crippen molar-refractivity contribution in [2.75, 3.05) is 6.61 Å². The first kappa shape index (κ1) is 12.0. The topological polar surface area (TPSA) is 35.0 Å². The van der Waals surface area contributed by atoms with Gasteiger partial charge in [-0.05, 0) is 23.8 Å². The first-order valence-corrected chi connectivity index (χ1v) is 6.53. The van der Waals surface area contributed by atoms with E-state index in [4.69, 9.17) is 4.74 Å². The van der Waals surface area contributed by atoms with Crippen molar-refractivity contribution in [3.05, 3.63) is 54.1 Å². The molecule has 0 bridgehead atoms. The van der Waals surface area contributed by atoms with Gasteiger partial charge in [0, 0.05) is 24.1 Å². The Balaban J connectivity index is 1.82. The number of ether oxygens (including phenoxy) is 1. The average molecular weight is 293 g/mol. The molecule has 2 rings (SSSR count). The molecule has 0 aliphatic carbocycles. The highest BCUT2D eigenvalue weighted by atomic mass is 79.9. The molecule has 2 aromatic heterocycles. The highest BCUT2D eigenvalue weighted by Gasteiger charge is 1.97. The Morgan fingerprint density at radius 2 is 2.12 bits per heavy atom. The monoisotopic (exact) mass is 292 g/mol. The van der Waals surface area contributed by atoms with Crippen molar-refractivity contribution in [2.24, 2.45) is 0 Å². The molecule has 4 heteroatoms. The Morgan fingerprint density at radius 3 is 2.76 bits per heavy atom. The van der Waals surface area contributed by atoms with Crippen molar-refractivity contribution in [3.63, 3.8) is 0 Å². The Kier molecular flexibility index (Phi) is 4.50. The highest BCUT2D eigenvalue weighted by Crippen LogP contribution is 2.11. The molecule has 0 aromatic carbocycles. The fourth-order valence-corrected chi connectivity index (χ4v) is 1.74. The molecular weight excluding hydrogens is 280 g/mol. The number of hydrogen-bond acceptors (Lipinski definition) is 3. The molecule has 0 saturated heterocycles. The molecule has 3 nitrogen and oxygen atoms in total. The lowest BCUT2D eigenvalue weighted by Crippen LogP contribution is -2.02. The molecule has 0 unspecified atom stereocenters. The first-order chi connectivity index (χ1) is 8.38. The molecule has 0 spiro atoms. The maximum absolute atomic E-state index is 5.60. The Bertz CT molecular complexity index is 445.